The van der Waals surface area contributed by atoms with Gasteiger partial charge in [0.1, 0.15) is 0 Å². The highest BCUT2D eigenvalue weighted by molar-refractivity contribution is 7.11. The topological polar surface area (TPSA) is 30.5 Å². The minimum atomic E-state index is -0.0363. The molecule has 1 aromatic heterocycles. The second-order valence-corrected chi connectivity index (χ2v) is 5.54. The fraction of sp³-hybridized carbons (Fsp3) is 0.714. The Morgan fingerprint density at radius 3 is 2.50 bits per heavy atom. The first-order valence-corrected chi connectivity index (χ1v) is 7.57. The summed E-state index contributed by atoms with van der Waals surface area (Å²) in [5, 5.41) is 3.45. The predicted octanol–water partition coefficient (Wildman–Crippen LogP) is 3.33. The van der Waals surface area contributed by atoms with Gasteiger partial charge in [0, 0.05) is 29.5 Å². The van der Waals surface area contributed by atoms with Crippen LogP contribution in [-0.2, 0) is 16.0 Å². The Labute approximate surface area is 114 Å². The number of hydrogen-bond donors (Lipinski definition) is 1. The molecular formula is C14H25NO2S. The van der Waals surface area contributed by atoms with Gasteiger partial charge in [-0.25, -0.2) is 0 Å². The van der Waals surface area contributed by atoms with Gasteiger partial charge in [-0.05, 0) is 52.3 Å². The maximum absolute atomic E-state index is 5.50. The lowest BCUT2D eigenvalue weighted by Crippen LogP contribution is -2.20. The van der Waals surface area contributed by atoms with Gasteiger partial charge < -0.3 is 14.8 Å². The standard InChI is InChI=1S/C14H25NO2S/c1-4-16-14(17-5-2)7-6-10-15-11-13-9-8-12(3)18-13/h8-9,14-15H,4-7,10-11H2,1-3H3. The molecule has 0 radical (unpaired) electrons. The summed E-state index contributed by atoms with van der Waals surface area (Å²) in [6, 6.07) is 4.36. The summed E-state index contributed by atoms with van der Waals surface area (Å²) >= 11 is 1.86. The molecule has 0 atom stereocenters. The van der Waals surface area contributed by atoms with E-state index in [2.05, 4.69) is 24.4 Å². The summed E-state index contributed by atoms with van der Waals surface area (Å²) in [7, 11) is 0. The SMILES string of the molecule is CCOC(CCCNCc1ccc(C)s1)OCC. The maximum Gasteiger partial charge on any atom is 0.157 e. The van der Waals surface area contributed by atoms with Crippen LogP contribution in [0.5, 0.6) is 0 Å². The second-order valence-electron chi connectivity index (χ2n) is 4.17. The largest absolute Gasteiger partial charge is 0.353 e. The molecule has 0 amide bonds. The predicted molar refractivity (Wildman–Crippen MR) is 77.0 cm³/mol. The maximum atomic E-state index is 5.50. The first kappa shape index (κ1) is 15.6. The van der Waals surface area contributed by atoms with Gasteiger partial charge >= 0.3 is 0 Å². The summed E-state index contributed by atoms with van der Waals surface area (Å²) in [5.74, 6) is 0. The van der Waals surface area contributed by atoms with Crippen LogP contribution < -0.4 is 5.32 Å². The van der Waals surface area contributed by atoms with Crippen molar-refractivity contribution in [1.29, 1.82) is 0 Å². The van der Waals surface area contributed by atoms with E-state index in [1.807, 2.05) is 25.2 Å². The zero-order chi connectivity index (χ0) is 13.2. The molecule has 3 nitrogen and oxygen atoms in total. The molecule has 0 aliphatic rings. The average Bonchev–Trinajstić information content (AvgIpc) is 2.75. The van der Waals surface area contributed by atoms with Crippen LogP contribution in [0.4, 0.5) is 0 Å². The zero-order valence-corrected chi connectivity index (χ0v) is 12.5. The van der Waals surface area contributed by atoms with Crippen molar-refractivity contribution in [2.24, 2.45) is 0 Å². The highest BCUT2D eigenvalue weighted by Gasteiger charge is 2.06. The number of hydrogen-bond acceptors (Lipinski definition) is 4. The van der Waals surface area contributed by atoms with E-state index in [1.165, 1.54) is 9.75 Å². The highest BCUT2D eigenvalue weighted by atomic mass is 32.1. The van der Waals surface area contributed by atoms with Crippen LogP contribution in [0.3, 0.4) is 0 Å². The smallest absolute Gasteiger partial charge is 0.157 e. The monoisotopic (exact) mass is 271 g/mol. The molecule has 1 rings (SSSR count). The Kier molecular flexibility index (Phi) is 8.25. The quantitative estimate of drug-likeness (QED) is 0.523. The molecule has 1 N–H and O–H groups in total. The van der Waals surface area contributed by atoms with Crippen molar-refractivity contribution >= 4 is 11.3 Å². The van der Waals surface area contributed by atoms with Gasteiger partial charge in [0.15, 0.2) is 6.29 Å². The van der Waals surface area contributed by atoms with Crippen LogP contribution in [0.25, 0.3) is 0 Å². The van der Waals surface area contributed by atoms with Gasteiger partial charge in [-0.2, -0.15) is 0 Å². The molecular weight excluding hydrogens is 246 g/mol. The van der Waals surface area contributed by atoms with E-state index in [4.69, 9.17) is 9.47 Å². The van der Waals surface area contributed by atoms with Crippen molar-refractivity contribution in [3.63, 3.8) is 0 Å². The Balaban J connectivity index is 2.06. The Morgan fingerprint density at radius 2 is 1.94 bits per heavy atom. The van der Waals surface area contributed by atoms with E-state index in [0.717, 1.165) is 25.9 Å². The van der Waals surface area contributed by atoms with Crippen molar-refractivity contribution in [1.82, 2.24) is 5.32 Å². The minimum Gasteiger partial charge on any atom is -0.353 e. The fourth-order valence-electron chi connectivity index (χ4n) is 1.77. The third-order valence-electron chi connectivity index (χ3n) is 2.59. The summed E-state index contributed by atoms with van der Waals surface area (Å²) in [6.07, 6.45) is 2.00. The summed E-state index contributed by atoms with van der Waals surface area (Å²) in [4.78, 5) is 2.78. The van der Waals surface area contributed by atoms with Gasteiger partial charge in [-0.1, -0.05) is 0 Å². The Hall–Kier alpha value is -0.420. The molecule has 0 aromatic carbocycles. The van der Waals surface area contributed by atoms with Gasteiger partial charge in [-0.3, -0.25) is 0 Å². The van der Waals surface area contributed by atoms with Crippen molar-refractivity contribution in [2.75, 3.05) is 19.8 Å². The molecule has 1 aromatic rings. The Bertz CT molecular complexity index is 308. The summed E-state index contributed by atoms with van der Waals surface area (Å²) in [5.41, 5.74) is 0. The first-order valence-electron chi connectivity index (χ1n) is 6.75. The Morgan fingerprint density at radius 1 is 1.22 bits per heavy atom. The summed E-state index contributed by atoms with van der Waals surface area (Å²) in [6.45, 7) is 9.55. The van der Waals surface area contributed by atoms with Crippen LogP contribution in [0.2, 0.25) is 0 Å². The highest BCUT2D eigenvalue weighted by Crippen LogP contribution is 2.14. The molecule has 4 heteroatoms. The number of nitrogens with one attached hydrogen (secondary N) is 1. The molecule has 18 heavy (non-hydrogen) atoms. The molecule has 0 spiro atoms. The summed E-state index contributed by atoms with van der Waals surface area (Å²) < 4.78 is 11.0. The molecule has 1 heterocycles. The first-order chi connectivity index (χ1) is 8.76. The van der Waals surface area contributed by atoms with Crippen LogP contribution in [0, 0.1) is 6.92 Å². The van der Waals surface area contributed by atoms with E-state index < -0.39 is 0 Å². The molecule has 0 saturated carbocycles. The normalized spacial score (nSPS) is 11.3. The lowest BCUT2D eigenvalue weighted by molar-refractivity contribution is -0.139. The molecule has 104 valence electrons. The van der Waals surface area contributed by atoms with Gasteiger partial charge in [0.2, 0.25) is 0 Å². The van der Waals surface area contributed by atoms with E-state index in [-0.39, 0.29) is 6.29 Å². The van der Waals surface area contributed by atoms with Crippen molar-refractivity contribution in [3.8, 4) is 0 Å². The lowest BCUT2D eigenvalue weighted by Gasteiger charge is -2.16. The number of aryl methyl sites for hydroxylation is 1. The van der Waals surface area contributed by atoms with Crippen molar-refractivity contribution in [2.45, 2.75) is 46.4 Å². The number of thiophene rings is 1. The molecule has 0 bridgehead atoms. The fourth-order valence-corrected chi connectivity index (χ4v) is 2.63. The molecule has 0 aliphatic heterocycles. The van der Waals surface area contributed by atoms with E-state index in [9.17, 15) is 0 Å². The third-order valence-corrected chi connectivity index (χ3v) is 3.59. The van der Waals surface area contributed by atoms with Gasteiger partial charge in [-0.15, -0.1) is 11.3 Å². The van der Waals surface area contributed by atoms with E-state index in [0.29, 0.717) is 13.2 Å². The van der Waals surface area contributed by atoms with Crippen LogP contribution in [-0.4, -0.2) is 26.0 Å². The van der Waals surface area contributed by atoms with Crippen LogP contribution in [0.15, 0.2) is 12.1 Å². The zero-order valence-electron chi connectivity index (χ0n) is 11.7. The minimum absolute atomic E-state index is 0.0363. The van der Waals surface area contributed by atoms with Crippen molar-refractivity contribution < 1.29 is 9.47 Å². The van der Waals surface area contributed by atoms with Gasteiger partial charge in [0.25, 0.3) is 0 Å². The number of rotatable bonds is 10. The van der Waals surface area contributed by atoms with Crippen LogP contribution in [0.1, 0.15) is 36.4 Å². The van der Waals surface area contributed by atoms with E-state index >= 15 is 0 Å². The third kappa shape index (κ3) is 6.50. The average molecular weight is 271 g/mol. The number of ether oxygens (including phenoxy) is 2. The molecule has 0 unspecified atom stereocenters. The second kappa shape index (κ2) is 9.50. The van der Waals surface area contributed by atoms with Gasteiger partial charge in [0.05, 0.1) is 0 Å². The van der Waals surface area contributed by atoms with E-state index in [1.54, 1.807) is 0 Å². The molecule has 0 fully saturated rings. The van der Waals surface area contributed by atoms with Crippen molar-refractivity contribution in [3.05, 3.63) is 21.9 Å². The lowest BCUT2D eigenvalue weighted by atomic mass is 10.3. The molecule has 0 aliphatic carbocycles. The molecule has 0 saturated heterocycles. The van der Waals surface area contributed by atoms with Crippen LogP contribution >= 0.6 is 11.3 Å².